The first-order valence-electron chi connectivity index (χ1n) is 8.83. The number of hydrogen-bond acceptors (Lipinski definition) is 2. The Labute approximate surface area is 154 Å². The summed E-state index contributed by atoms with van der Waals surface area (Å²) >= 11 is 0. The number of H-pyrrole nitrogens is 1. The fourth-order valence-corrected chi connectivity index (χ4v) is 3.24. The second kappa shape index (κ2) is 7.20. The Kier molecular flexibility index (Phi) is 4.99. The highest BCUT2D eigenvalue weighted by atomic mass is 16.5. The second-order valence-corrected chi connectivity index (χ2v) is 7.54. The van der Waals surface area contributed by atoms with Crippen molar-refractivity contribution in [1.29, 1.82) is 0 Å². The molecule has 3 rings (SSSR count). The van der Waals surface area contributed by atoms with E-state index in [1.54, 1.807) is 13.3 Å². The topological polar surface area (TPSA) is 42.1 Å². The van der Waals surface area contributed by atoms with E-state index in [9.17, 15) is 4.79 Å². The number of aromatic nitrogens is 1. The van der Waals surface area contributed by atoms with Crippen LogP contribution in [0.3, 0.4) is 0 Å². The van der Waals surface area contributed by atoms with Crippen LogP contribution in [0.5, 0.6) is 5.75 Å². The first-order valence-corrected chi connectivity index (χ1v) is 8.83. The Bertz CT molecular complexity index is 950. The largest absolute Gasteiger partial charge is 0.496 e. The van der Waals surface area contributed by atoms with Crippen molar-refractivity contribution in [2.45, 2.75) is 32.6 Å². The predicted octanol–water partition coefficient (Wildman–Crippen LogP) is 4.94. The van der Waals surface area contributed by atoms with Crippen LogP contribution in [0.1, 0.15) is 37.5 Å². The van der Waals surface area contributed by atoms with Crippen molar-refractivity contribution >= 4 is 0 Å². The lowest BCUT2D eigenvalue weighted by atomic mass is 9.82. The van der Waals surface area contributed by atoms with Gasteiger partial charge < -0.3 is 9.72 Å². The van der Waals surface area contributed by atoms with Gasteiger partial charge in [-0.3, -0.25) is 4.79 Å². The van der Waals surface area contributed by atoms with E-state index >= 15 is 0 Å². The van der Waals surface area contributed by atoms with E-state index in [1.807, 2.05) is 30.3 Å². The summed E-state index contributed by atoms with van der Waals surface area (Å²) in [7, 11) is 1.72. The molecule has 0 fully saturated rings. The zero-order valence-corrected chi connectivity index (χ0v) is 15.8. The van der Waals surface area contributed by atoms with Crippen LogP contribution >= 0.6 is 0 Å². The number of rotatable bonds is 4. The van der Waals surface area contributed by atoms with E-state index in [0.29, 0.717) is 5.56 Å². The van der Waals surface area contributed by atoms with Crippen LogP contribution in [0.4, 0.5) is 0 Å². The molecule has 0 bridgehead atoms. The fraction of sp³-hybridized carbons (Fsp3) is 0.261. The normalized spacial score (nSPS) is 11.4. The molecule has 1 N–H and O–H groups in total. The summed E-state index contributed by atoms with van der Waals surface area (Å²) in [5.41, 5.74) is 4.82. The molecule has 0 aliphatic carbocycles. The average Bonchev–Trinajstić information content (AvgIpc) is 2.61. The summed E-state index contributed by atoms with van der Waals surface area (Å²) in [6.45, 7) is 6.49. The smallest absolute Gasteiger partial charge is 0.255 e. The Morgan fingerprint density at radius 3 is 2.35 bits per heavy atom. The SMILES string of the molecule is COc1c(Cc2ccccc2)cc(-c2ccc[nH]c2=O)cc1C(C)(C)C. The number of aromatic amines is 1. The lowest BCUT2D eigenvalue weighted by molar-refractivity contribution is 0.393. The number of methoxy groups -OCH3 is 1. The van der Waals surface area contributed by atoms with Gasteiger partial charge in [-0.15, -0.1) is 0 Å². The third-order valence-electron chi connectivity index (χ3n) is 4.54. The first kappa shape index (κ1) is 18.0. The van der Waals surface area contributed by atoms with E-state index < -0.39 is 0 Å². The van der Waals surface area contributed by atoms with Crippen LogP contribution in [0.25, 0.3) is 11.1 Å². The molecule has 134 valence electrons. The van der Waals surface area contributed by atoms with Crippen molar-refractivity contribution < 1.29 is 4.74 Å². The van der Waals surface area contributed by atoms with Crippen LogP contribution in [-0.4, -0.2) is 12.1 Å². The van der Waals surface area contributed by atoms with E-state index in [2.05, 4.69) is 50.0 Å². The lowest BCUT2D eigenvalue weighted by Gasteiger charge is -2.25. The molecule has 3 nitrogen and oxygen atoms in total. The maximum Gasteiger partial charge on any atom is 0.255 e. The first-order chi connectivity index (χ1) is 12.4. The highest BCUT2D eigenvalue weighted by molar-refractivity contribution is 5.68. The molecule has 3 aromatic rings. The molecule has 0 atom stereocenters. The molecule has 26 heavy (non-hydrogen) atoms. The molecule has 3 heteroatoms. The van der Waals surface area contributed by atoms with Gasteiger partial charge in [0.15, 0.2) is 0 Å². The monoisotopic (exact) mass is 347 g/mol. The molecule has 0 amide bonds. The molecule has 2 aromatic carbocycles. The molecule has 0 saturated carbocycles. The minimum Gasteiger partial charge on any atom is -0.496 e. The zero-order chi connectivity index (χ0) is 18.7. The van der Waals surface area contributed by atoms with Crippen LogP contribution in [0.2, 0.25) is 0 Å². The highest BCUT2D eigenvalue weighted by Gasteiger charge is 2.23. The summed E-state index contributed by atoms with van der Waals surface area (Å²) in [6.07, 6.45) is 2.41. The van der Waals surface area contributed by atoms with Gasteiger partial charge in [-0.1, -0.05) is 51.1 Å². The maximum atomic E-state index is 12.3. The fourth-order valence-electron chi connectivity index (χ4n) is 3.24. The second-order valence-electron chi connectivity index (χ2n) is 7.54. The van der Waals surface area contributed by atoms with Crippen LogP contribution in [-0.2, 0) is 11.8 Å². The lowest BCUT2D eigenvalue weighted by Crippen LogP contribution is -2.15. The summed E-state index contributed by atoms with van der Waals surface area (Å²) in [5.74, 6) is 0.900. The molecule has 0 spiro atoms. The van der Waals surface area contributed by atoms with Crippen molar-refractivity contribution in [2.24, 2.45) is 0 Å². The molecule has 1 heterocycles. The molecule has 0 unspecified atom stereocenters. The molecule has 1 aromatic heterocycles. The van der Waals surface area contributed by atoms with Gasteiger partial charge in [-0.05, 0) is 46.4 Å². The summed E-state index contributed by atoms with van der Waals surface area (Å²) < 4.78 is 5.81. The molecule has 0 saturated heterocycles. The minimum atomic E-state index is -0.103. The Morgan fingerprint density at radius 1 is 1.00 bits per heavy atom. The number of hydrogen-bond donors (Lipinski definition) is 1. The van der Waals surface area contributed by atoms with E-state index in [0.717, 1.165) is 28.9 Å². The minimum absolute atomic E-state index is 0.0804. The number of pyridine rings is 1. The standard InChI is InChI=1S/C23H25NO2/c1-23(2,3)20-15-17(19-11-8-12-24-22(19)25)14-18(21(20)26-4)13-16-9-6-5-7-10-16/h5-12,14-15H,13H2,1-4H3,(H,24,25). The third kappa shape index (κ3) is 3.72. The van der Waals surface area contributed by atoms with Crippen molar-refractivity contribution in [3.63, 3.8) is 0 Å². The Morgan fingerprint density at radius 2 is 1.73 bits per heavy atom. The molecule has 0 radical (unpaired) electrons. The summed E-state index contributed by atoms with van der Waals surface area (Å²) in [5, 5.41) is 0. The third-order valence-corrected chi connectivity index (χ3v) is 4.54. The Balaban J connectivity index is 2.23. The summed E-state index contributed by atoms with van der Waals surface area (Å²) in [6, 6.07) is 18.2. The van der Waals surface area contributed by atoms with E-state index in [4.69, 9.17) is 4.74 Å². The van der Waals surface area contributed by atoms with E-state index in [-0.39, 0.29) is 11.0 Å². The van der Waals surface area contributed by atoms with Gasteiger partial charge in [0.25, 0.3) is 5.56 Å². The highest BCUT2D eigenvalue weighted by Crippen LogP contribution is 2.38. The zero-order valence-electron chi connectivity index (χ0n) is 15.8. The van der Waals surface area contributed by atoms with Crippen molar-refractivity contribution in [3.8, 4) is 16.9 Å². The van der Waals surface area contributed by atoms with Gasteiger partial charge in [0.1, 0.15) is 5.75 Å². The Hall–Kier alpha value is -2.81. The van der Waals surface area contributed by atoms with Crippen LogP contribution < -0.4 is 10.3 Å². The van der Waals surface area contributed by atoms with Crippen LogP contribution in [0, 0.1) is 0 Å². The maximum absolute atomic E-state index is 12.3. The van der Waals surface area contributed by atoms with Crippen molar-refractivity contribution in [3.05, 3.63) is 87.8 Å². The van der Waals surface area contributed by atoms with E-state index in [1.165, 1.54) is 5.56 Å². The van der Waals surface area contributed by atoms with Crippen LogP contribution in [0.15, 0.2) is 65.6 Å². The number of benzene rings is 2. The van der Waals surface area contributed by atoms with Gasteiger partial charge in [-0.25, -0.2) is 0 Å². The number of nitrogens with one attached hydrogen (secondary N) is 1. The molecule has 0 aliphatic rings. The van der Waals surface area contributed by atoms with Crippen molar-refractivity contribution in [1.82, 2.24) is 4.98 Å². The molecule has 0 aliphatic heterocycles. The van der Waals surface area contributed by atoms with Gasteiger partial charge in [0, 0.05) is 23.7 Å². The molecular weight excluding hydrogens is 322 g/mol. The van der Waals surface area contributed by atoms with Gasteiger partial charge in [0.05, 0.1) is 7.11 Å². The van der Waals surface area contributed by atoms with Gasteiger partial charge >= 0.3 is 0 Å². The quantitative estimate of drug-likeness (QED) is 0.726. The predicted molar refractivity (Wildman–Crippen MR) is 107 cm³/mol. The summed E-state index contributed by atoms with van der Waals surface area (Å²) in [4.78, 5) is 15.1. The molecular formula is C23H25NO2. The van der Waals surface area contributed by atoms with Crippen molar-refractivity contribution in [2.75, 3.05) is 7.11 Å². The average molecular weight is 347 g/mol. The van der Waals surface area contributed by atoms with Gasteiger partial charge in [0.2, 0.25) is 0 Å². The number of ether oxygens (including phenoxy) is 1. The van der Waals surface area contributed by atoms with Gasteiger partial charge in [-0.2, -0.15) is 0 Å².